The van der Waals surface area contributed by atoms with Gasteiger partial charge in [-0.05, 0) is 48.2 Å². The van der Waals surface area contributed by atoms with Gasteiger partial charge in [-0.1, -0.05) is 35.9 Å². The average Bonchev–Trinajstić information content (AvgIpc) is 3.11. The summed E-state index contributed by atoms with van der Waals surface area (Å²) in [4.78, 5) is 0.378. The quantitative estimate of drug-likeness (QED) is 0.854. The summed E-state index contributed by atoms with van der Waals surface area (Å²) in [6.45, 7) is 2.65. The third kappa shape index (κ3) is 4.16. The molecule has 1 aliphatic rings. The summed E-state index contributed by atoms with van der Waals surface area (Å²) in [6, 6.07) is 14.9. The number of hydrogen-bond donors (Lipinski definition) is 1. The van der Waals surface area contributed by atoms with E-state index < -0.39 is 10.0 Å². The minimum absolute atomic E-state index is 0.378. The molecule has 1 aliphatic heterocycles. The van der Waals surface area contributed by atoms with Crippen LogP contribution < -0.4 is 5.32 Å². The van der Waals surface area contributed by atoms with E-state index in [4.69, 9.17) is 11.6 Å². The minimum Gasteiger partial charge on any atom is -0.309 e. The largest absolute Gasteiger partial charge is 0.309 e. The summed E-state index contributed by atoms with van der Waals surface area (Å²) in [5.74, 6) is 0. The van der Waals surface area contributed by atoms with Crippen molar-refractivity contribution in [1.29, 1.82) is 0 Å². The Morgan fingerprint density at radius 3 is 2.29 bits per heavy atom. The van der Waals surface area contributed by atoms with Crippen LogP contribution in [-0.4, -0.2) is 25.8 Å². The zero-order valence-electron chi connectivity index (χ0n) is 13.4. The van der Waals surface area contributed by atoms with Crippen LogP contribution in [0.25, 0.3) is 0 Å². The van der Waals surface area contributed by atoms with Crippen molar-refractivity contribution in [3.05, 3.63) is 64.7 Å². The number of nitrogens with zero attached hydrogens (tertiary/aromatic N) is 1. The first-order valence-corrected chi connectivity index (χ1v) is 9.92. The van der Waals surface area contributed by atoms with Crippen LogP contribution in [0.1, 0.15) is 24.0 Å². The minimum atomic E-state index is -3.33. The second-order valence-electron chi connectivity index (χ2n) is 5.99. The van der Waals surface area contributed by atoms with Crippen LogP contribution in [0.2, 0.25) is 5.02 Å². The van der Waals surface area contributed by atoms with Crippen LogP contribution in [0.3, 0.4) is 0 Å². The Hall–Kier alpha value is -1.40. The fraction of sp³-hybridized carbons (Fsp3) is 0.333. The molecular formula is C18H21ClN2O2S. The molecule has 1 saturated heterocycles. The fourth-order valence-electron chi connectivity index (χ4n) is 2.85. The molecule has 0 aliphatic carbocycles. The third-order valence-corrected chi connectivity index (χ3v) is 6.32. The van der Waals surface area contributed by atoms with E-state index in [-0.39, 0.29) is 0 Å². The first kappa shape index (κ1) is 17.4. The molecule has 2 aromatic rings. The van der Waals surface area contributed by atoms with Gasteiger partial charge in [0.25, 0.3) is 0 Å². The molecule has 1 heterocycles. The van der Waals surface area contributed by atoms with Gasteiger partial charge < -0.3 is 5.32 Å². The zero-order valence-corrected chi connectivity index (χ0v) is 15.0. The lowest BCUT2D eigenvalue weighted by molar-refractivity contribution is 0.477. The Labute approximate surface area is 148 Å². The lowest BCUT2D eigenvalue weighted by Gasteiger charge is -2.15. The molecule has 24 heavy (non-hydrogen) atoms. The maximum Gasteiger partial charge on any atom is 0.243 e. The van der Waals surface area contributed by atoms with E-state index in [9.17, 15) is 8.42 Å². The van der Waals surface area contributed by atoms with Crippen molar-refractivity contribution in [2.24, 2.45) is 0 Å². The molecule has 4 nitrogen and oxygen atoms in total. The van der Waals surface area contributed by atoms with Crippen LogP contribution in [0.4, 0.5) is 0 Å². The van der Waals surface area contributed by atoms with Gasteiger partial charge in [-0.15, -0.1) is 0 Å². The van der Waals surface area contributed by atoms with Crippen molar-refractivity contribution in [3.8, 4) is 0 Å². The standard InChI is InChI=1S/C18H21ClN2O2S/c19-17-5-3-4-16(12-17)14-20-13-15-6-8-18(9-7-15)24(22,23)21-10-1-2-11-21/h3-9,12,20H,1-2,10-11,13-14H2. The van der Waals surface area contributed by atoms with Gasteiger partial charge in [0.15, 0.2) is 0 Å². The highest BCUT2D eigenvalue weighted by Crippen LogP contribution is 2.21. The van der Waals surface area contributed by atoms with Crippen molar-refractivity contribution >= 4 is 21.6 Å². The maximum absolute atomic E-state index is 12.5. The molecule has 6 heteroatoms. The number of hydrogen-bond acceptors (Lipinski definition) is 3. The van der Waals surface area contributed by atoms with E-state index in [1.165, 1.54) is 0 Å². The van der Waals surface area contributed by atoms with Crippen LogP contribution in [0, 0.1) is 0 Å². The van der Waals surface area contributed by atoms with Gasteiger partial charge in [-0.2, -0.15) is 4.31 Å². The van der Waals surface area contributed by atoms with Gasteiger partial charge in [-0.25, -0.2) is 8.42 Å². The molecule has 0 radical (unpaired) electrons. The van der Waals surface area contributed by atoms with Gasteiger partial charge >= 0.3 is 0 Å². The van der Waals surface area contributed by atoms with Gasteiger partial charge in [-0.3, -0.25) is 0 Å². The molecule has 0 unspecified atom stereocenters. The predicted molar refractivity (Wildman–Crippen MR) is 96.4 cm³/mol. The van der Waals surface area contributed by atoms with E-state index in [1.54, 1.807) is 16.4 Å². The van der Waals surface area contributed by atoms with Crippen LogP contribution in [-0.2, 0) is 23.1 Å². The van der Waals surface area contributed by atoms with Crippen molar-refractivity contribution in [2.75, 3.05) is 13.1 Å². The van der Waals surface area contributed by atoms with E-state index in [0.29, 0.717) is 31.1 Å². The molecular weight excluding hydrogens is 344 g/mol. The van der Waals surface area contributed by atoms with E-state index in [0.717, 1.165) is 29.0 Å². The number of benzene rings is 2. The predicted octanol–water partition coefficient (Wildman–Crippen LogP) is 3.41. The summed E-state index contributed by atoms with van der Waals surface area (Å²) in [6.07, 6.45) is 1.90. The Morgan fingerprint density at radius 2 is 1.62 bits per heavy atom. The lowest BCUT2D eigenvalue weighted by atomic mass is 10.2. The summed E-state index contributed by atoms with van der Waals surface area (Å²) in [5.41, 5.74) is 2.17. The molecule has 0 saturated carbocycles. The van der Waals surface area contributed by atoms with Gasteiger partial charge in [0.2, 0.25) is 10.0 Å². The Bertz CT molecular complexity index is 785. The molecule has 3 rings (SSSR count). The third-order valence-electron chi connectivity index (χ3n) is 4.17. The van der Waals surface area contributed by atoms with Crippen LogP contribution >= 0.6 is 11.6 Å². The topological polar surface area (TPSA) is 49.4 Å². The summed E-state index contributed by atoms with van der Waals surface area (Å²) < 4.78 is 26.5. The SMILES string of the molecule is O=S(=O)(c1ccc(CNCc2cccc(Cl)c2)cc1)N1CCCC1. The number of halogens is 1. The van der Waals surface area contributed by atoms with E-state index >= 15 is 0 Å². The maximum atomic E-state index is 12.5. The second kappa shape index (κ2) is 7.66. The molecule has 128 valence electrons. The van der Waals surface area contributed by atoms with E-state index in [2.05, 4.69) is 5.32 Å². The highest BCUT2D eigenvalue weighted by molar-refractivity contribution is 7.89. The van der Waals surface area contributed by atoms with E-state index in [1.807, 2.05) is 36.4 Å². The van der Waals surface area contributed by atoms with Crippen LogP contribution in [0.15, 0.2) is 53.4 Å². The molecule has 2 aromatic carbocycles. The van der Waals surface area contributed by atoms with Crippen molar-refractivity contribution < 1.29 is 8.42 Å². The Morgan fingerprint density at radius 1 is 0.958 bits per heavy atom. The number of sulfonamides is 1. The first-order valence-electron chi connectivity index (χ1n) is 8.10. The molecule has 0 atom stereocenters. The smallest absolute Gasteiger partial charge is 0.243 e. The monoisotopic (exact) mass is 364 g/mol. The summed E-state index contributed by atoms with van der Waals surface area (Å²) in [7, 11) is -3.33. The summed E-state index contributed by atoms with van der Waals surface area (Å²) in [5, 5.41) is 4.07. The highest BCUT2D eigenvalue weighted by Gasteiger charge is 2.26. The number of nitrogens with one attached hydrogen (secondary N) is 1. The lowest BCUT2D eigenvalue weighted by Crippen LogP contribution is -2.27. The highest BCUT2D eigenvalue weighted by atomic mass is 35.5. The molecule has 0 spiro atoms. The first-order chi connectivity index (χ1) is 11.6. The van der Waals surface area contributed by atoms with Crippen LogP contribution in [0.5, 0.6) is 0 Å². The molecule has 1 fully saturated rings. The fourth-order valence-corrected chi connectivity index (χ4v) is 4.58. The van der Waals surface area contributed by atoms with Crippen molar-refractivity contribution in [1.82, 2.24) is 9.62 Å². The second-order valence-corrected chi connectivity index (χ2v) is 8.36. The average molecular weight is 365 g/mol. The molecule has 1 N–H and O–H groups in total. The van der Waals surface area contributed by atoms with Gasteiger partial charge in [0, 0.05) is 31.2 Å². The molecule has 0 amide bonds. The van der Waals surface area contributed by atoms with Gasteiger partial charge in [0.05, 0.1) is 4.90 Å². The number of rotatable bonds is 6. The molecule has 0 aromatic heterocycles. The summed E-state index contributed by atoms with van der Waals surface area (Å²) >= 11 is 5.97. The van der Waals surface area contributed by atoms with Gasteiger partial charge in [0.1, 0.15) is 0 Å². The van der Waals surface area contributed by atoms with Crippen molar-refractivity contribution in [2.45, 2.75) is 30.8 Å². The molecule has 0 bridgehead atoms. The normalized spacial score (nSPS) is 15.7. The zero-order chi connectivity index (χ0) is 17.0. The Kier molecular flexibility index (Phi) is 5.56. The Balaban J connectivity index is 1.58. The van der Waals surface area contributed by atoms with Crippen molar-refractivity contribution in [3.63, 3.8) is 0 Å².